The molecule has 0 spiro atoms. The van der Waals surface area contributed by atoms with Gasteiger partial charge in [0, 0.05) is 0 Å². The number of benzene rings is 3. The van der Waals surface area contributed by atoms with Crippen molar-refractivity contribution >= 4 is 15.4 Å². The molecule has 3 aromatic rings. The molecule has 0 aliphatic carbocycles. The molecule has 5 heteroatoms. The minimum Gasteiger partial charge on any atom is -0.408 e. The number of hydrogen-bond donors (Lipinski definition) is 0. The first kappa shape index (κ1) is 41.3. The summed E-state index contributed by atoms with van der Waals surface area (Å²) in [6.45, 7) is 8.82. The maximum absolute atomic E-state index is 8.00. The van der Waals surface area contributed by atoms with Gasteiger partial charge >= 0.3 is 8.60 Å². The van der Waals surface area contributed by atoms with Crippen molar-refractivity contribution in [1.29, 1.82) is 0 Å². The van der Waals surface area contributed by atoms with Gasteiger partial charge in [0.25, 0.3) is 0 Å². The molecule has 3 aromatic carbocycles. The molecule has 0 radical (unpaired) electrons. The zero-order chi connectivity index (χ0) is 34.5. The van der Waals surface area contributed by atoms with Gasteiger partial charge in [-0.05, 0) is 73.4 Å². The Morgan fingerprint density at radius 2 is 0.646 bits per heavy atom. The average molecular weight is 677 g/mol. The lowest BCUT2D eigenvalue weighted by molar-refractivity contribution is -0.0980. The summed E-state index contributed by atoms with van der Waals surface area (Å²) in [6, 6.07) is 25.4. The van der Waals surface area contributed by atoms with Crippen molar-refractivity contribution in [3.05, 3.63) is 89.5 Å². The quantitative estimate of drug-likeness (QED) is 0.0595. The number of carbonyl (C=O) groups excluding carboxylic acids is 1. The summed E-state index contributed by atoms with van der Waals surface area (Å²) < 4.78 is 20.1. The third-order valence-corrected chi connectivity index (χ3v) is 9.87. The van der Waals surface area contributed by atoms with Crippen molar-refractivity contribution < 1.29 is 18.4 Å². The molecule has 0 fully saturated rings. The Hall–Kier alpha value is -2.84. The van der Waals surface area contributed by atoms with Crippen molar-refractivity contribution in [2.75, 3.05) is 0 Å². The van der Waals surface area contributed by atoms with Crippen LogP contribution in [0, 0.1) is 0 Å². The molecule has 0 unspecified atom stereocenters. The largest absolute Gasteiger partial charge is 0.530 e. The van der Waals surface area contributed by atoms with Crippen molar-refractivity contribution in [3.63, 3.8) is 0 Å². The zero-order valence-corrected chi connectivity index (χ0v) is 31.5. The molecular formula is C43H65O4P. The van der Waals surface area contributed by atoms with E-state index >= 15 is 0 Å². The third kappa shape index (κ3) is 17.5. The molecule has 0 aromatic heterocycles. The first-order valence-corrected chi connectivity index (χ1v) is 20.2. The molecule has 0 bridgehead atoms. The highest BCUT2D eigenvalue weighted by Crippen LogP contribution is 2.45. The van der Waals surface area contributed by atoms with E-state index in [0.717, 1.165) is 42.9 Å². The lowest BCUT2D eigenvalue weighted by Crippen LogP contribution is -2.06. The van der Waals surface area contributed by atoms with E-state index < -0.39 is 8.60 Å². The van der Waals surface area contributed by atoms with Crippen LogP contribution in [-0.2, 0) is 24.1 Å². The Labute approximate surface area is 295 Å². The number of hydrogen-bond acceptors (Lipinski definition) is 4. The summed E-state index contributed by atoms with van der Waals surface area (Å²) in [5, 5.41) is 0. The highest BCUT2D eigenvalue weighted by molar-refractivity contribution is 7.43. The van der Waals surface area contributed by atoms with Crippen LogP contribution in [0.15, 0.2) is 72.8 Å². The van der Waals surface area contributed by atoms with Crippen LogP contribution < -0.4 is 13.6 Å². The van der Waals surface area contributed by atoms with Crippen LogP contribution in [0.3, 0.4) is 0 Å². The molecule has 0 aliphatic heterocycles. The predicted octanol–water partition coefficient (Wildman–Crippen LogP) is 14.0. The lowest BCUT2D eigenvalue weighted by atomic mass is 10.0. The molecule has 0 atom stereocenters. The van der Waals surface area contributed by atoms with Gasteiger partial charge in [-0.2, -0.15) is 0 Å². The molecule has 0 heterocycles. The number of para-hydroxylation sites is 3. The Morgan fingerprint density at radius 3 is 0.958 bits per heavy atom. The van der Waals surface area contributed by atoms with Crippen LogP contribution in [0.1, 0.15) is 153 Å². The summed E-state index contributed by atoms with van der Waals surface area (Å²) in [6.07, 6.45) is 26.1. The molecule has 0 N–H and O–H groups in total. The predicted molar refractivity (Wildman–Crippen MR) is 206 cm³/mol. The van der Waals surface area contributed by atoms with Gasteiger partial charge in [-0.3, -0.25) is 0 Å². The molecule has 3 rings (SSSR count). The summed E-state index contributed by atoms with van der Waals surface area (Å²) in [5.74, 6) is 2.63. The van der Waals surface area contributed by atoms with E-state index in [-0.39, 0.29) is 0 Å². The number of aryl methyl sites for hydroxylation is 3. The smallest absolute Gasteiger partial charge is 0.408 e. The SMILES string of the molecule is C=O.CCCCCCCCCc1ccccc1OP(Oc1ccccc1CCCCCC)Oc1ccccc1CCCCCCCCC. The minimum atomic E-state index is -1.72. The van der Waals surface area contributed by atoms with Gasteiger partial charge in [-0.15, -0.1) is 0 Å². The Morgan fingerprint density at radius 1 is 0.396 bits per heavy atom. The van der Waals surface area contributed by atoms with E-state index in [0.29, 0.717) is 0 Å². The van der Waals surface area contributed by atoms with Gasteiger partial charge in [0.15, 0.2) is 0 Å². The van der Waals surface area contributed by atoms with Crippen LogP contribution in [0.5, 0.6) is 17.2 Å². The highest BCUT2D eigenvalue weighted by atomic mass is 31.2. The second kappa shape index (κ2) is 28.0. The second-order valence-electron chi connectivity index (χ2n) is 12.9. The molecule has 266 valence electrons. The van der Waals surface area contributed by atoms with Gasteiger partial charge in [0.1, 0.15) is 24.0 Å². The normalized spacial score (nSPS) is 10.8. The van der Waals surface area contributed by atoms with Crippen LogP contribution in [0.25, 0.3) is 0 Å². The number of unbranched alkanes of at least 4 members (excludes halogenated alkanes) is 15. The van der Waals surface area contributed by atoms with Gasteiger partial charge in [0.2, 0.25) is 0 Å². The molecule has 0 saturated carbocycles. The molecule has 0 saturated heterocycles. The molecule has 4 nitrogen and oxygen atoms in total. The first-order chi connectivity index (χ1) is 23.7. The highest BCUT2D eigenvalue weighted by Gasteiger charge is 2.24. The lowest BCUT2D eigenvalue weighted by Gasteiger charge is -2.22. The van der Waals surface area contributed by atoms with E-state index in [1.54, 1.807) is 0 Å². The van der Waals surface area contributed by atoms with E-state index in [1.807, 2.05) is 6.79 Å². The van der Waals surface area contributed by atoms with Crippen LogP contribution in [0.2, 0.25) is 0 Å². The van der Waals surface area contributed by atoms with Gasteiger partial charge in [0.05, 0.1) is 0 Å². The third-order valence-electron chi connectivity index (χ3n) is 8.84. The van der Waals surface area contributed by atoms with E-state index in [1.165, 1.54) is 126 Å². The Kier molecular flexibility index (Phi) is 24.1. The summed E-state index contributed by atoms with van der Waals surface area (Å²) in [5.41, 5.74) is 3.70. The van der Waals surface area contributed by atoms with E-state index in [9.17, 15) is 0 Å². The van der Waals surface area contributed by atoms with Crippen LogP contribution in [-0.4, -0.2) is 6.79 Å². The fourth-order valence-electron chi connectivity index (χ4n) is 5.98. The maximum atomic E-state index is 8.00. The monoisotopic (exact) mass is 676 g/mol. The van der Waals surface area contributed by atoms with Crippen molar-refractivity contribution in [1.82, 2.24) is 0 Å². The van der Waals surface area contributed by atoms with Crippen molar-refractivity contribution in [2.45, 2.75) is 156 Å². The van der Waals surface area contributed by atoms with Gasteiger partial charge in [-0.25, -0.2) is 0 Å². The van der Waals surface area contributed by atoms with Crippen molar-refractivity contribution in [3.8, 4) is 17.2 Å². The standard InChI is InChI=1S/C42H63O3P.CH2O/c1-4-7-10-13-15-17-20-29-38-32-23-26-35-41(38)44-46(43-40-34-25-22-31-37(40)28-19-12-9-6-3)45-42-36-27-24-33-39(42)30-21-18-16-14-11-8-5-2;1-2/h22-27,31-36H,4-21,28-30H2,1-3H3;1H2. The fraction of sp³-hybridized carbons (Fsp3) is 0.558. The minimum absolute atomic E-state index is 0.874. The molecule has 0 aliphatic rings. The van der Waals surface area contributed by atoms with Crippen LogP contribution >= 0.6 is 8.60 Å². The summed E-state index contributed by atoms with van der Waals surface area (Å²) >= 11 is 0. The topological polar surface area (TPSA) is 44.8 Å². The second-order valence-corrected chi connectivity index (χ2v) is 13.9. The van der Waals surface area contributed by atoms with Gasteiger partial charge < -0.3 is 18.4 Å². The summed E-state index contributed by atoms with van der Waals surface area (Å²) in [7, 11) is -1.72. The van der Waals surface area contributed by atoms with Crippen LogP contribution in [0.4, 0.5) is 0 Å². The van der Waals surface area contributed by atoms with E-state index in [4.69, 9.17) is 18.4 Å². The first-order valence-electron chi connectivity index (χ1n) is 19.1. The number of rotatable bonds is 27. The summed E-state index contributed by atoms with van der Waals surface area (Å²) in [4.78, 5) is 8.00. The molecular weight excluding hydrogens is 611 g/mol. The zero-order valence-electron chi connectivity index (χ0n) is 30.6. The Balaban J connectivity index is 0.00000392. The average Bonchev–Trinajstić information content (AvgIpc) is 3.12. The molecule has 48 heavy (non-hydrogen) atoms. The number of carbonyl (C=O) groups is 1. The maximum Gasteiger partial charge on any atom is 0.530 e. The fourth-order valence-corrected chi connectivity index (χ4v) is 7.11. The van der Waals surface area contributed by atoms with Crippen molar-refractivity contribution in [2.24, 2.45) is 0 Å². The molecule has 0 amide bonds. The van der Waals surface area contributed by atoms with E-state index in [2.05, 4.69) is 93.6 Å². The Bertz CT molecular complexity index is 1140. The van der Waals surface area contributed by atoms with Gasteiger partial charge in [-0.1, -0.05) is 172 Å².